The van der Waals surface area contributed by atoms with Crippen molar-refractivity contribution < 1.29 is 9.90 Å². The minimum absolute atomic E-state index is 0.0454. The molecule has 0 saturated carbocycles. The molecule has 13 heavy (non-hydrogen) atoms. The van der Waals surface area contributed by atoms with E-state index in [4.69, 9.17) is 16.7 Å². The van der Waals surface area contributed by atoms with E-state index in [1.165, 1.54) is 0 Å². The third-order valence-electron chi connectivity index (χ3n) is 1.85. The van der Waals surface area contributed by atoms with Gasteiger partial charge in [-0.15, -0.1) is 11.6 Å². The van der Waals surface area contributed by atoms with Crippen molar-refractivity contribution in [3.63, 3.8) is 0 Å². The fourth-order valence-electron chi connectivity index (χ4n) is 1.21. The van der Waals surface area contributed by atoms with Crippen LogP contribution in [0.25, 0.3) is 0 Å². The summed E-state index contributed by atoms with van der Waals surface area (Å²) in [6, 6.07) is 5.68. The number of benzene rings is 1. The maximum Gasteiger partial charge on any atom is 0.307 e. The summed E-state index contributed by atoms with van der Waals surface area (Å²) in [5, 5.41) is 8.63. The first-order chi connectivity index (χ1) is 6.13. The molecular formula is C10H11ClO2. The summed E-state index contributed by atoms with van der Waals surface area (Å²) in [4.78, 5) is 10.5. The Bertz CT molecular complexity index is 321. The zero-order chi connectivity index (χ0) is 9.84. The Balaban J connectivity index is 3.01. The van der Waals surface area contributed by atoms with Crippen molar-refractivity contribution in [1.82, 2.24) is 0 Å². The van der Waals surface area contributed by atoms with E-state index in [1.807, 2.05) is 25.1 Å². The van der Waals surface area contributed by atoms with Crippen LogP contribution in [-0.2, 0) is 17.1 Å². The summed E-state index contributed by atoms with van der Waals surface area (Å²) in [5.41, 5.74) is 2.77. The van der Waals surface area contributed by atoms with Crippen molar-refractivity contribution in [2.45, 2.75) is 19.2 Å². The van der Waals surface area contributed by atoms with Gasteiger partial charge in [-0.2, -0.15) is 0 Å². The van der Waals surface area contributed by atoms with E-state index in [0.717, 1.165) is 16.7 Å². The monoisotopic (exact) mass is 198 g/mol. The first kappa shape index (κ1) is 10.1. The summed E-state index contributed by atoms with van der Waals surface area (Å²) in [6.07, 6.45) is 0.0454. The van der Waals surface area contributed by atoms with Gasteiger partial charge in [0.15, 0.2) is 0 Å². The summed E-state index contributed by atoms with van der Waals surface area (Å²) >= 11 is 5.67. The molecule has 3 heteroatoms. The minimum Gasteiger partial charge on any atom is -0.481 e. The van der Waals surface area contributed by atoms with Crippen molar-refractivity contribution in [2.75, 3.05) is 0 Å². The highest BCUT2D eigenvalue weighted by Crippen LogP contribution is 2.14. The Kier molecular flexibility index (Phi) is 3.32. The quantitative estimate of drug-likeness (QED) is 0.758. The van der Waals surface area contributed by atoms with Crippen LogP contribution in [0.4, 0.5) is 0 Å². The number of carbonyl (C=O) groups is 1. The molecule has 0 saturated heterocycles. The van der Waals surface area contributed by atoms with E-state index in [0.29, 0.717) is 5.88 Å². The largest absolute Gasteiger partial charge is 0.481 e. The van der Waals surface area contributed by atoms with Gasteiger partial charge in [-0.1, -0.05) is 23.8 Å². The van der Waals surface area contributed by atoms with Crippen molar-refractivity contribution in [1.29, 1.82) is 0 Å². The third kappa shape index (κ3) is 2.74. The normalized spacial score (nSPS) is 10.0. The number of hydrogen-bond acceptors (Lipinski definition) is 1. The average Bonchev–Trinajstić information content (AvgIpc) is 2.03. The highest BCUT2D eigenvalue weighted by atomic mass is 35.5. The van der Waals surface area contributed by atoms with Crippen LogP contribution in [0.3, 0.4) is 0 Å². The average molecular weight is 199 g/mol. The lowest BCUT2D eigenvalue weighted by Gasteiger charge is -2.05. The molecule has 0 amide bonds. The lowest BCUT2D eigenvalue weighted by atomic mass is 10.0. The molecule has 1 rings (SSSR count). The molecule has 0 aliphatic carbocycles. The Morgan fingerprint density at radius 1 is 1.46 bits per heavy atom. The smallest absolute Gasteiger partial charge is 0.307 e. The van der Waals surface area contributed by atoms with Crippen LogP contribution in [0.15, 0.2) is 18.2 Å². The van der Waals surface area contributed by atoms with Gasteiger partial charge in [-0.3, -0.25) is 4.79 Å². The molecule has 1 aromatic rings. The molecule has 0 aliphatic rings. The second-order valence-electron chi connectivity index (χ2n) is 2.98. The third-order valence-corrected chi connectivity index (χ3v) is 2.14. The van der Waals surface area contributed by atoms with Gasteiger partial charge in [-0.05, 0) is 18.1 Å². The van der Waals surface area contributed by atoms with E-state index in [9.17, 15) is 4.79 Å². The highest BCUT2D eigenvalue weighted by molar-refractivity contribution is 6.17. The van der Waals surface area contributed by atoms with Crippen LogP contribution in [-0.4, -0.2) is 11.1 Å². The molecule has 0 heterocycles. The molecule has 0 bridgehead atoms. The second-order valence-corrected chi connectivity index (χ2v) is 3.24. The van der Waals surface area contributed by atoms with Crippen LogP contribution in [0.5, 0.6) is 0 Å². The molecule has 0 aromatic heterocycles. The molecule has 0 atom stereocenters. The van der Waals surface area contributed by atoms with Crippen molar-refractivity contribution >= 4 is 17.6 Å². The van der Waals surface area contributed by atoms with Crippen LogP contribution in [0.2, 0.25) is 0 Å². The molecule has 0 unspecified atom stereocenters. The maximum atomic E-state index is 10.5. The van der Waals surface area contributed by atoms with E-state index < -0.39 is 5.97 Å². The molecule has 70 valence electrons. The molecule has 0 aliphatic heterocycles. The van der Waals surface area contributed by atoms with E-state index in [2.05, 4.69) is 0 Å². The molecule has 0 fully saturated rings. The number of carboxylic acids is 1. The number of aliphatic carboxylic acids is 1. The summed E-state index contributed by atoms with van der Waals surface area (Å²) in [7, 11) is 0. The lowest BCUT2D eigenvalue weighted by Crippen LogP contribution is -2.03. The number of halogens is 1. The fraction of sp³-hybridized carbons (Fsp3) is 0.300. The maximum absolute atomic E-state index is 10.5. The zero-order valence-electron chi connectivity index (χ0n) is 7.38. The molecule has 1 N–H and O–H groups in total. The number of rotatable bonds is 3. The summed E-state index contributed by atoms with van der Waals surface area (Å²) in [6.45, 7) is 1.93. The summed E-state index contributed by atoms with van der Waals surface area (Å²) in [5.74, 6) is -0.458. The molecule has 1 aromatic carbocycles. The van der Waals surface area contributed by atoms with Crippen LogP contribution in [0.1, 0.15) is 16.7 Å². The molecule has 0 radical (unpaired) electrons. The van der Waals surface area contributed by atoms with Crippen molar-refractivity contribution in [3.8, 4) is 0 Å². The fourth-order valence-corrected chi connectivity index (χ4v) is 1.47. The van der Waals surface area contributed by atoms with Crippen LogP contribution < -0.4 is 0 Å². The van der Waals surface area contributed by atoms with Gasteiger partial charge >= 0.3 is 5.97 Å². The highest BCUT2D eigenvalue weighted by Gasteiger charge is 2.05. The Morgan fingerprint density at radius 3 is 2.69 bits per heavy atom. The molecular weight excluding hydrogens is 188 g/mol. The Hall–Kier alpha value is -1.02. The lowest BCUT2D eigenvalue weighted by molar-refractivity contribution is -0.136. The van der Waals surface area contributed by atoms with E-state index in [-0.39, 0.29) is 6.42 Å². The summed E-state index contributed by atoms with van der Waals surface area (Å²) < 4.78 is 0. The van der Waals surface area contributed by atoms with Gasteiger partial charge in [-0.25, -0.2) is 0 Å². The molecule has 0 spiro atoms. The van der Waals surface area contributed by atoms with Gasteiger partial charge in [0.1, 0.15) is 0 Å². The number of alkyl halides is 1. The minimum atomic E-state index is -0.822. The van der Waals surface area contributed by atoms with Crippen LogP contribution >= 0.6 is 11.6 Å². The Morgan fingerprint density at radius 2 is 2.15 bits per heavy atom. The van der Waals surface area contributed by atoms with Gasteiger partial charge < -0.3 is 5.11 Å². The van der Waals surface area contributed by atoms with Gasteiger partial charge in [0.25, 0.3) is 0 Å². The number of hydrogen-bond donors (Lipinski definition) is 1. The molecule has 2 nitrogen and oxygen atoms in total. The van der Waals surface area contributed by atoms with Gasteiger partial charge in [0.05, 0.1) is 6.42 Å². The van der Waals surface area contributed by atoms with E-state index >= 15 is 0 Å². The first-order valence-electron chi connectivity index (χ1n) is 3.99. The number of aryl methyl sites for hydroxylation is 1. The Labute approximate surface area is 82.2 Å². The zero-order valence-corrected chi connectivity index (χ0v) is 8.14. The van der Waals surface area contributed by atoms with Crippen LogP contribution in [0, 0.1) is 6.92 Å². The predicted octanol–water partition coefficient (Wildman–Crippen LogP) is 2.36. The van der Waals surface area contributed by atoms with Crippen molar-refractivity contribution in [3.05, 3.63) is 34.9 Å². The van der Waals surface area contributed by atoms with E-state index in [1.54, 1.807) is 0 Å². The standard InChI is InChI=1S/C10H11ClO2/c1-7-2-3-8(6-11)9(4-7)5-10(12)13/h2-4H,5-6H2,1H3,(H,12,13). The van der Waals surface area contributed by atoms with Gasteiger partial charge in [0.2, 0.25) is 0 Å². The topological polar surface area (TPSA) is 37.3 Å². The number of carboxylic acid groups (broad SMARTS) is 1. The predicted molar refractivity (Wildman–Crippen MR) is 52.1 cm³/mol. The SMILES string of the molecule is Cc1ccc(CCl)c(CC(=O)O)c1. The van der Waals surface area contributed by atoms with Gasteiger partial charge in [0, 0.05) is 5.88 Å². The second kappa shape index (κ2) is 4.28. The first-order valence-corrected chi connectivity index (χ1v) is 4.53. The van der Waals surface area contributed by atoms with Crippen molar-refractivity contribution in [2.24, 2.45) is 0 Å².